The number of benzene rings is 1. The summed E-state index contributed by atoms with van der Waals surface area (Å²) in [5.41, 5.74) is 0.435. The van der Waals surface area contributed by atoms with Gasteiger partial charge in [-0.3, -0.25) is 4.79 Å². The minimum absolute atomic E-state index is 0.104. The van der Waals surface area contributed by atoms with Gasteiger partial charge in [0.05, 0.1) is 12.0 Å². The van der Waals surface area contributed by atoms with Crippen molar-refractivity contribution >= 4 is 17.6 Å². The molecule has 0 aliphatic carbocycles. The summed E-state index contributed by atoms with van der Waals surface area (Å²) in [4.78, 5) is 22.7. The molecule has 0 saturated heterocycles. The molecule has 1 amide bonds. The number of rotatable bonds is 3. The monoisotopic (exact) mass is 245 g/mol. The molecule has 92 valence electrons. The molecule has 1 aromatic heterocycles. The predicted octanol–water partition coefficient (Wildman–Crippen LogP) is 2.46. The molecule has 0 radical (unpaired) electrons. The fourth-order valence-electron chi connectivity index (χ4n) is 1.39. The average molecular weight is 245 g/mol. The minimum atomic E-state index is -0.613. The third-order valence-electron chi connectivity index (χ3n) is 2.12. The van der Waals surface area contributed by atoms with Gasteiger partial charge in [-0.1, -0.05) is 12.1 Å². The molecule has 1 aromatic carbocycles. The van der Waals surface area contributed by atoms with Crippen molar-refractivity contribution in [3.63, 3.8) is 0 Å². The van der Waals surface area contributed by atoms with E-state index in [1.165, 1.54) is 19.3 Å². The Morgan fingerprint density at radius 3 is 2.61 bits per heavy atom. The van der Waals surface area contributed by atoms with Gasteiger partial charge < -0.3 is 14.5 Å². The lowest BCUT2D eigenvalue weighted by molar-refractivity contribution is -0.114. The molecule has 1 N–H and O–H groups in total. The molecule has 2 aromatic rings. The van der Waals surface area contributed by atoms with E-state index in [0.29, 0.717) is 5.69 Å². The van der Waals surface area contributed by atoms with Crippen LogP contribution in [0.4, 0.5) is 5.69 Å². The van der Waals surface area contributed by atoms with Crippen molar-refractivity contribution in [3.8, 4) is 5.75 Å². The lowest BCUT2D eigenvalue weighted by Gasteiger charge is -2.08. The molecule has 0 atom stereocenters. The number of ether oxygens (including phenoxy) is 1. The number of esters is 1. The molecular weight excluding hydrogens is 234 g/mol. The Hall–Kier alpha value is -2.56. The summed E-state index contributed by atoms with van der Waals surface area (Å²) in [6.07, 6.45) is 1.39. The van der Waals surface area contributed by atoms with Crippen molar-refractivity contribution in [3.05, 3.63) is 48.4 Å². The Labute approximate surface area is 103 Å². The van der Waals surface area contributed by atoms with E-state index in [0.717, 1.165) is 0 Å². The van der Waals surface area contributed by atoms with Crippen LogP contribution in [-0.4, -0.2) is 11.9 Å². The Morgan fingerprint density at radius 2 is 1.94 bits per heavy atom. The zero-order valence-electron chi connectivity index (χ0n) is 9.67. The van der Waals surface area contributed by atoms with E-state index in [1.807, 2.05) is 0 Å². The summed E-state index contributed by atoms with van der Waals surface area (Å²) in [7, 11) is 0. The van der Waals surface area contributed by atoms with Crippen molar-refractivity contribution in [1.29, 1.82) is 0 Å². The van der Waals surface area contributed by atoms with Gasteiger partial charge in [0.25, 0.3) is 0 Å². The SMILES string of the molecule is CC(=O)Nc1ccccc1OC(=O)c1ccco1. The standard InChI is InChI=1S/C13H11NO4/c1-9(15)14-10-5-2-3-6-11(10)18-13(16)12-7-4-8-17-12/h2-8H,1H3,(H,14,15). The highest BCUT2D eigenvalue weighted by Gasteiger charge is 2.13. The van der Waals surface area contributed by atoms with Gasteiger partial charge in [0.15, 0.2) is 5.75 Å². The average Bonchev–Trinajstić information content (AvgIpc) is 2.84. The third-order valence-corrected chi connectivity index (χ3v) is 2.12. The first-order valence-electron chi connectivity index (χ1n) is 5.29. The molecular formula is C13H11NO4. The summed E-state index contributed by atoms with van der Waals surface area (Å²) < 4.78 is 10.1. The van der Waals surface area contributed by atoms with Gasteiger partial charge in [-0.2, -0.15) is 0 Å². The van der Waals surface area contributed by atoms with Gasteiger partial charge in [-0.05, 0) is 24.3 Å². The predicted molar refractivity (Wildman–Crippen MR) is 64.4 cm³/mol. The molecule has 18 heavy (non-hydrogen) atoms. The van der Waals surface area contributed by atoms with E-state index >= 15 is 0 Å². The second-order valence-corrected chi connectivity index (χ2v) is 3.54. The lowest BCUT2D eigenvalue weighted by atomic mass is 10.3. The molecule has 0 fully saturated rings. The van der Waals surface area contributed by atoms with E-state index < -0.39 is 5.97 Å². The number of carbonyl (C=O) groups excluding carboxylic acids is 2. The second kappa shape index (κ2) is 5.18. The molecule has 5 nitrogen and oxygen atoms in total. The van der Waals surface area contributed by atoms with E-state index in [1.54, 1.807) is 30.3 Å². The number of carbonyl (C=O) groups is 2. The van der Waals surface area contributed by atoms with Crippen molar-refractivity contribution in [2.24, 2.45) is 0 Å². The van der Waals surface area contributed by atoms with Gasteiger partial charge in [-0.25, -0.2) is 4.79 Å². The van der Waals surface area contributed by atoms with Crippen LogP contribution < -0.4 is 10.1 Å². The van der Waals surface area contributed by atoms with Gasteiger partial charge in [0, 0.05) is 6.92 Å². The topological polar surface area (TPSA) is 68.5 Å². The van der Waals surface area contributed by atoms with Gasteiger partial charge in [0.2, 0.25) is 11.7 Å². The van der Waals surface area contributed by atoms with Crippen LogP contribution in [0.25, 0.3) is 0 Å². The Balaban J connectivity index is 2.18. The fourth-order valence-corrected chi connectivity index (χ4v) is 1.39. The summed E-state index contributed by atoms with van der Waals surface area (Å²) in [5.74, 6) is -0.476. The van der Waals surface area contributed by atoms with Crippen molar-refractivity contribution in [2.45, 2.75) is 6.92 Å². The zero-order valence-corrected chi connectivity index (χ0v) is 9.67. The molecule has 0 bridgehead atoms. The largest absolute Gasteiger partial charge is 0.457 e. The maximum atomic E-state index is 11.7. The fraction of sp³-hybridized carbons (Fsp3) is 0.0769. The maximum Gasteiger partial charge on any atom is 0.379 e. The van der Waals surface area contributed by atoms with Gasteiger partial charge in [-0.15, -0.1) is 0 Å². The van der Waals surface area contributed by atoms with Crippen molar-refractivity contribution in [1.82, 2.24) is 0 Å². The highest BCUT2D eigenvalue weighted by Crippen LogP contribution is 2.24. The molecule has 0 aliphatic rings. The van der Waals surface area contributed by atoms with Crippen LogP contribution >= 0.6 is 0 Å². The third kappa shape index (κ3) is 2.76. The first-order chi connectivity index (χ1) is 8.66. The first kappa shape index (κ1) is 11.9. The van der Waals surface area contributed by atoms with Crippen LogP contribution in [0, 0.1) is 0 Å². The summed E-state index contributed by atoms with van der Waals surface area (Å²) in [6, 6.07) is 9.77. The molecule has 2 rings (SSSR count). The zero-order chi connectivity index (χ0) is 13.0. The van der Waals surface area contributed by atoms with Gasteiger partial charge in [0.1, 0.15) is 0 Å². The normalized spacial score (nSPS) is 9.83. The van der Waals surface area contributed by atoms with E-state index in [4.69, 9.17) is 9.15 Å². The van der Waals surface area contributed by atoms with Crippen molar-refractivity contribution < 1.29 is 18.7 Å². The van der Waals surface area contributed by atoms with Crippen LogP contribution in [0.5, 0.6) is 5.75 Å². The highest BCUT2D eigenvalue weighted by atomic mass is 16.5. The molecule has 0 saturated carbocycles. The Kier molecular flexibility index (Phi) is 3.43. The van der Waals surface area contributed by atoms with Crippen LogP contribution in [0.2, 0.25) is 0 Å². The molecule has 1 heterocycles. The Bertz CT molecular complexity index is 560. The quantitative estimate of drug-likeness (QED) is 0.666. The Morgan fingerprint density at radius 1 is 1.17 bits per heavy atom. The number of nitrogens with one attached hydrogen (secondary N) is 1. The van der Waals surface area contributed by atoms with Crippen LogP contribution in [0.15, 0.2) is 47.1 Å². The number of hydrogen-bond donors (Lipinski definition) is 1. The number of furan rings is 1. The summed E-state index contributed by atoms with van der Waals surface area (Å²) in [5, 5.41) is 2.58. The number of para-hydroxylation sites is 2. The lowest BCUT2D eigenvalue weighted by Crippen LogP contribution is -2.11. The van der Waals surface area contributed by atoms with Gasteiger partial charge >= 0.3 is 5.97 Å². The summed E-state index contributed by atoms with van der Waals surface area (Å²) >= 11 is 0. The molecule has 5 heteroatoms. The number of anilines is 1. The van der Waals surface area contributed by atoms with Crippen LogP contribution in [0.1, 0.15) is 17.5 Å². The second-order valence-electron chi connectivity index (χ2n) is 3.54. The van der Waals surface area contributed by atoms with Crippen LogP contribution in [-0.2, 0) is 4.79 Å². The van der Waals surface area contributed by atoms with E-state index in [9.17, 15) is 9.59 Å². The highest BCUT2D eigenvalue weighted by molar-refractivity contribution is 5.93. The smallest absolute Gasteiger partial charge is 0.379 e. The van der Waals surface area contributed by atoms with Crippen molar-refractivity contribution in [2.75, 3.05) is 5.32 Å². The van der Waals surface area contributed by atoms with E-state index in [2.05, 4.69) is 5.32 Å². The minimum Gasteiger partial charge on any atom is -0.457 e. The van der Waals surface area contributed by atoms with Crippen LogP contribution in [0.3, 0.4) is 0 Å². The maximum absolute atomic E-state index is 11.7. The number of amides is 1. The number of hydrogen-bond acceptors (Lipinski definition) is 4. The van der Waals surface area contributed by atoms with E-state index in [-0.39, 0.29) is 17.4 Å². The summed E-state index contributed by atoms with van der Waals surface area (Å²) in [6.45, 7) is 1.38. The first-order valence-corrected chi connectivity index (χ1v) is 5.29. The molecule has 0 spiro atoms. The molecule has 0 aliphatic heterocycles. The molecule has 0 unspecified atom stereocenters.